The highest BCUT2D eigenvalue weighted by molar-refractivity contribution is 7.98. The second kappa shape index (κ2) is 6.52. The van der Waals surface area contributed by atoms with E-state index in [0.29, 0.717) is 11.5 Å². The van der Waals surface area contributed by atoms with Crippen LogP contribution >= 0.6 is 11.8 Å². The van der Waals surface area contributed by atoms with Gasteiger partial charge in [0, 0.05) is 11.1 Å². The lowest BCUT2D eigenvalue weighted by Crippen LogP contribution is -2.27. The van der Waals surface area contributed by atoms with E-state index in [0.717, 1.165) is 5.56 Å². The maximum absolute atomic E-state index is 12.1. The number of aromatic nitrogens is 2. The second-order valence-electron chi connectivity index (χ2n) is 4.46. The van der Waals surface area contributed by atoms with E-state index in [1.165, 1.54) is 4.90 Å². The van der Waals surface area contributed by atoms with Crippen molar-refractivity contribution >= 4 is 17.7 Å². The number of thioether (sulfide) groups is 1. The molecular weight excluding hydrogens is 270 g/mol. The van der Waals surface area contributed by atoms with Gasteiger partial charge in [0.1, 0.15) is 11.5 Å². The molecule has 0 aliphatic rings. The second-order valence-corrected chi connectivity index (χ2v) is 5.34. The number of aryl methyl sites for hydroxylation is 1. The van der Waals surface area contributed by atoms with E-state index in [-0.39, 0.29) is 11.9 Å². The average molecular weight is 287 g/mol. The lowest BCUT2D eigenvalue weighted by molar-refractivity contribution is 0.0934. The summed E-state index contributed by atoms with van der Waals surface area (Å²) < 4.78 is 0. The number of nitrogens with one attached hydrogen (secondary N) is 1. The lowest BCUT2D eigenvalue weighted by atomic mass is 10.1. The molecule has 0 saturated carbocycles. The van der Waals surface area contributed by atoms with Crippen LogP contribution in [-0.4, -0.2) is 22.1 Å². The van der Waals surface area contributed by atoms with Gasteiger partial charge in [0.2, 0.25) is 0 Å². The van der Waals surface area contributed by atoms with Crippen LogP contribution in [-0.2, 0) is 0 Å². The largest absolute Gasteiger partial charge is 0.344 e. The number of benzene rings is 1. The highest BCUT2D eigenvalue weighted by Gasteiger charge is 2.12. The van der Waals surface area contributed by atoms with Crippen molar-refractivity contribution in [2.45, 2.75) is 24.8 Å². The third-order valence-corrected chi connectivity index (χ3v) is 3.72. The first-order valence-corrected chi connectivity index (χ1v) is 7.57. The molecule has 0 bridgehead atoms. The van der Waals surface area contributed by atoms with E-state index >= 15 is 0 Å². The summed E-state index contributed by atoms with van der Waals surface area (Å²) in [5, 5.41) is 2.94. The van der Waals surface area contributed by atoms with Gasteiger partial charge in [0.25, 0.3) is 5.91 Å². The number of hydrogen-bond acceptors (Lipinski definition) is 4. The first-order chi connectivity index (χ1) is 9.60. The lowest BCUT2D eigenvalue weighted by Gasteiger charge is -2.14. The monoisotopic (exact) mass is 287 g/mol. The fraction of sp³-hybridized carbons (Fsp3) is 0.267. The molecule has 1 unspecified atom stereocenters. The first-order valence-electron chi connectivity index (χ1n) is 6.34. The Morgan fingerprint density at radius 1 is 1.25 bits per heavy atom. The van der Waals surface area contributed by atoms with Gasteiger partial charge < -0.3 is 5.32 Å². The standard InChI is InChI=1S/C15H17N3OS/c1-10(12-4-6-13(20-3)7-5-12)17-15(19)14-8-9-16-11(2)18-14/h4-10H,1-3H3,(H,17,19). The van der Waals surface area contributed by atoms with Gasteiger partial charge in [-0.1, -0.05) is 12.1 Å². The van der Waals surface area contributed by atoms with Crippen LogP contribution in [0.5, 0.6) is 0 Å². The highest BCUT2D eigenvalue weighted by Crippen LogP contribution is 2.19. The minimum Gasteiger partial charge on any atom is -0.344 e. The zero-order valence-corrected chi connectivity index (χ0v) is 12.6. The van der Waals surface area contributed by atoms with Gasteiger partial charge in [-0.05, 0) is 43.9 Å². The van der Waals surface area contributed by atoms with Crippen molar-refractivity contribution in [3.8, 4) is 0 Å². The number of nitrogens with zero attached hydrogens (tertiary/aromatic N) is 2. The molecule has 5 heteroatoms. The number of carbonyl (C=O) groups excluding carboxylic acids is 1. The Kier molecular flexibility index (Phi) is 4.74. The third kappa shape index (κ3) is 3.57. The zero-order chi connectivity index (χ0) is 14.5. The van der Waals surface area contributed by atoms with Crippen LogP contribution in [0, 0.1) is 6.92 Å². The predicted molar refractivity (Wildman–Crippen MR) is 80.9 cm³/mol. The number of carbonyl (C=O) groups is 1. The van der Waals surface area contributed by atoms with Gasteiger partial charge in [-0.15, -0.1) is 11.8 Å². The minimum absolute atomic E-state index is 0.0614. The van der Waals surface area contributed by atoms with Crippen LogP contribution in [0.1, 0.15) is 34.8 Å². The smallest absolute Gasteiger partial charge is 0.270 e. The molecule has 0 aliphatic carbocycles. The van der Waals surface area contributed by atoms with Crippen molar-refractivity contribution in [1.29, 1.82) is 0 Å². The highest BCUT2D eigenvalue weighted by atomic mass is 32.2. The molecule has 2 aromatic rings. The molecule has 0 spiro atoms. The Morgan fingerprint density at radius 3 is 2.55 bits per heavy atom. The van der Waals surface area contributed by atoms with E-state index in [1.54, 1.807) is 30.9 Å². The summed E-state index contributed by atoms with van der Waals surface area (Å²) in [6, 6.07) is 9.72. The summed E-state index contributed by atoms with van der Waals surface area (Å²) in [7, 11) is 0. The SMILES string of the molecule is CSc1ccc(C(C)NC(=O)c2ccnc(C)n2)cc1. The van der Waals surface area contributed by atoms with Gasteiger partial charge in [0.05, 0.1) is 6.04 Å². The Hall–Kier alpha value is -1.88. The summed E-state index contributed by atoms with van der Waals surface area (Å²) >= 11 is 1.70. The van der Waals surface area contributed by atoms with E-state index < -0.39 is 0 Å². The molecule has 20 heavy (non-hydrogen) atoms. The average Bonchev–Trinajstić information content (AvgIpc) is 2.47. The molecule has 1 heterocycles. The van der Waals surface area contributed by atoms with Crippen LogP contribution < -0.4 is 5.32 Å². The van der Waals surface area contributed by atoms with Crippen LogP contribution in [0.2, 0.25) is 0 Å². The minimum atomic E-state index is -0.183. The van der Waals surface area contributed by atoms with E-state index in [2.05, 4.69) is 27.4 Å². The van der Waals surface area contributed by atoms with Gasteiger partial charge in [-0.25, -0.2) is 9.97 Å². The molecule has 0 saturated heterocycles. The Bertz CT molecular complexity index is 598. The topological polar surface area (TPSA) is 54.9 Å². The van der Waals surface area contributed by atoms with Crippen molar-refractivity contribution in [2.24, 2.45) is 0 Å². The molecule has 104 valence electrons. The molecule has 4 nitrogen and oxygen atoms in total. The van der Waals surface area contributed by atoms with Crippen LogP contribution in [0.3, 0.4) is 0 Å². The van der Waals surface area contributed by atoms with E-state index in [9.17, 15) is 4.79 Å². The van der Waals surface area contributed by atoms with Gasteiger partial charge >= 0.3 is 0 Å². The molecule has 1 N–H and O–H groups in total. The van der Waals surface area contributed by atoms with E-state index in [1.807, 2.05) is 25.3 Å². The fourth-order valence-electron chi connectivity index (χ4n) is 1.83. The van der Waals surface area contributed by atoms with Gasteiger partial charge in [-0.2, -0.15) is 0 Å². The Balaban J connectivity index is 2.06. The summed E-state index contributed by atoms with van der Waals surface area (Å²) in [5.41, 5.74) is 1.46. The number of hydrogen-bond donors (Lipinski definition) is 1. The molecule has 0 fully saturated rings. The molecule has 0 aliphatic heterocycles. The van der Waals surface area contributed by atoms with Crippen molar-refractivity contribution in [3.63, 3.8) is 0 Å². The Labute approximate surface area is 123 Å². The maximum Gasteiger partial charge on any atom is 0.270 e. The molecular formula is C15H17N3OS. The molecule has 0 radical (unpaired) electrons. The predicted octanol–water partition coefficient (Wildman–Crippen LogP) is 3.00. The van der Waals surface area contributed by atoms with Gasteiger partial charge in [0.15, 0.2) is 0 Å². The normalized spacial score (nSPS) is 11.9. The van der Waals surface area contributed by atoms with Crippen molar-refractivity contribution in [2.75, 3.05) is 6.26 Å². The maximum atomic E-state index is 12.1. The van der Waals surface area contributed by atoms with Crippen molar-refractivity contribution in [1.82, 2.24) is 15.3 Å². The molecule has 1 atom stereocenters. The quantitative estimate of drug-likeness (QED) is 0.878. The number of amides is 1. The third-order valence-electron chi connectivity index (χ3n) is 2.97. The zero-order valence-electron chi connectivity index (χ0n) is 11.8. The van der Waals surface area contributed by atoms with Crippen molar-refractivity contribution < 1.29 is 4.79 Å². The van der Waals surface area contributed by atoms with E-state index in [4.69, 9.17) is 0 Å². The molecule has 1 aromatic heterocycles. The number of rotatable bonds is 4. The van der Waals surface area contributed by atoms with Gasteiger partial charge in [-0.3, -0.25) is 4.79 Å². The Morgan fingerprint density at radius 2 is 1.95 bits per heavy atom. The first kappa shape index (κ1) is 14.5. The molecule has 2 rings (SSSR count). The summed E-state index contributed by atoms with van der Waals surface area (Å²) in [5.74, 6) is 0.409. The summed E-state index contributed by atoms with van der Waals surface area (Å²) in [6.45, 7) is 3.72. The fourth-order valence-corrected chi connectivity index (χ4v) is 2.24. The molecule has 1 amide bonds. The van der Waals surface area contributed by atoms with Crippen LogP contribution in [0.15, 0.2) is 41.4 Å². The van der Waals surface area contributed by atoms with Crippen LogP contribution in [0.4, 0.5) is 0 Å². The van der Waals surface area contributed by atoms with Crippen molar-refractivity contribution in [3.05, 3.63) is 53.6 Å². The summed E-state index contributed by atoms with van der Waals surface area (Å²) in [4.78, 5) is 21.4. The molecule has 1 aromatic carbocycles. The van der Waals surface area contributed by atoms with Crippen LogP contribution in [0.25, 0.3) is 0 Å². The summed E-state index contributed by atoms with van der Waals surface area (Å²) in [6.07, 6.45) is 3.63.